The molecule has 1 aliphatic rings. The first kappa shape index (κ1) is 9.53. The van der Waals surface area contributed by atoms with Crippen molar-refractivity contribution in [3.8, 4) is 5.75 Å². The molecule has 0 saturated heterocycles. The summed E-state index contributed by atoms with van der Waals surface area (Å²) < 4.78 is 5.63. The van der Waals surface area contributed by atoms with Crippen LogP contribution in [0.4, 0.5) is 0 Å². The lowest BCUT2D eigenvalue weighted by molar-refractivity contribution is 0.299. The van der Waals surface area contributed by atoms with Gasteiger partial charge in [0, 0.05) is 0 Å². The molecule has 2 rings (SSSR count). The minimum absolute atomic E-state index is 0.711. The van der Waals surface area contributed by atoms with Crippen molar-refractivity contribution in [2.24, 2.45) is 11.7 Å². The van der Waals surface area contributed by atoms with Crippen LogP contribution in [0.2, 0.25) is 0 Å². The van der Waals surface area contributed by atoms with E-state index in [9.17, 15) is 0 Å². The highest BCUT2D eigenvalue weighted by Crippen LogP contribution is 2.29. The van der Waals surface area contributed by atoms with Gasteiger partial charge in [-0.15, -0.1) is 0 Å². The van der Waals surface area contributed by atoms with E-state index in [1.165, 1.54) is 18.4 Å². The van der Waals surface area contributed by atoms with E-state index in [-0.39, 0.29) is 0 Å². The Bertz CT molecular complexity index is 277. The van der Waals surface area contributed by atoms with Gasteiger partial charge in [-0.3, -0.25) is 0 Å². The van der Waals surface area contributed by atoms with Gasteiger partial charge in [-0.1, -0.05) is 12.1 Å². The fraction of sp³-hybridized carbons (Fsp3) is 0.500. The maximum atomic E-state index is 5.63. The Kier molecular flexibility index (Phi) is 3.04. The molecular weight excluding hydrogens is 174 g/mol. The third-order valence-electron chi connectivity index (χ3n) is 2.54. The molecule has 2 nitrogen and oxygen atoms in total. The van der Waals surface area contributed by atoms with Gasteiger partial charge < -0.3 is 10.5 Å². The maximum Gasteiger partial charge on any atom is 0.119 e. The highest BCUT2D eigenvalue weighted by atomic mass is 16.5. The van der Waals surface area contributed by atoms with Crippen molar-refractivity contribution in [1.82, 2.24) is 0 Å². The van der Waals surface area contributed by atoms with E-state index in [4.69, 9.17) is 10.5 Å². The largest absolute Gasteiger partial charge is 0.493 e. The molecule has 1 aliphatic carbocycles. The lowest BCUT2D eigenvalue weighted by Crippen LogP contribution is -2.03. The standard InChI is InChI=1S/C12H17NO/c13-8-7-10-3-5-12(6-4-10)14-9-11-1-2-11/h3-6,11H,1-2,7-9,13H2. The van der Waals surface area contributed by atoms with Gasteiger partial charge in [-0.25, -0.2) is 0 Å². The molecule has 0 bridgehead atoms. The Morgan fingerprint density at radius 1 is 1.21 bits per heavy atom. The molecule has 2 N–H and O–H groups in total. The predicted molar refractivity (Wildman–Crippen MR) is 57.4 cm³/mol. The summed E-state index contributed by atoms with van der Waals surface area (Å²) in [6, 6.07) is 8.25. The second-order valence-electron chi connectivity index (χ2n) is 3.94. The monoisotopic (exact) mass is 191 g/mol. The molecule has 0 heterocycles. The number of rotatable bonds is 5. The molecule has 0 aliphatic heterocycles. The normalized spacial score (nSPS) is 15.5. The summed E-state index contributed by atoms with van der Waals surface area (Å²) in [7, 11) is 0. The molecule has 1 aromatic carbocycles. The van der Waals surface area contributed by atoms with Crippen molar-refractivity contribution in [2.75, 3.05) is 13.2 Å². The minimum Gasteiger partial charge on any atom is -0.493 e. The van der Waals surface area contributed by atoms with Crippen LogP contribution in [0.15, 0.2) is 24.3 Å². The number of nitrogens with two attached hydrogens (primary N) is 1. The van der Waals surface area contributed by atoms with Crippen molar-refractivity contribution < 1.29 is 4.74 Å². The molecular formula is C12H17NO. The summed E-state index contributed by atoms with van der Waals surface area (Å²) in [5, 5.41) is 0. The van der Waals surface area contributed by atoms with Gasteiger partial charge in [0.15, 0.2) is 0 Å². The van der Waals surface area contributed by atoms with E-state index in [1.807, 2.05) is 12.1 Å². The predicted octanol–water partition coefficient (Wildman–Crippen LogP) is 1.98. The lowest BCUT2D eigenvalue weighted by Gasteiger charge is -2.05. The van der Waals surface area contributed by atoms with Crippen LogP contribution >= 0.6 is 0 Å². The summed E-state index contributed by atoms with van der Waals surface area (Å²) in [5.41, 5.74) is 6.76. The van der Waals surface area contributed by atoms with Crippen LogP contribution in [0, 0.1) is 5.92 Å². The summed E-state index contributed by atoms with van der Waals surface area (Å²) in [4.78, 5) is 0. The quantitative estimate of drug-likeness (QED) is 0.772. The summed E-state index contributed by atoms with van der Waals surface area (Å²) in [6.45, 7) is 1.60. The smallest absolute Gasteiger partial charge is 0.119 e. The van der Waals surface area contributed by atoms with Crippen molar-refractivity contribution in [3.05, 3.63) is 29.8 Å². The molecule has 1 fully saturated rings. The first-order chi connectivity index (χ1) is 6.88. The van der Waals surface area contributed by atoms with Gasteiger partial charge >= 0.3 is 0 Å². The summed E-state index contributed by atoms with van der Waals surface area (Å²) >= 11 is 0. The third-order valence-corrected chi connectivity index (χ3v) is 2.54. The SMILES string of the molecule is NCCc1ccc(OCC2CC2)cc1. The third kappa shape index (κ3) is 2.74. The molecule has 0 amide bonds. The fourth-order valence-electron chi connectivity index (χ4n) is 1.42. The molecule has 0 aromatic heterocycles. The van der Waals surface area contributed by atoms with Crippen molar-refractivity contribution in [2.45, 2.75) is 19.3 Å². The zero-order chi connectivity index (χ0) is 9.80. The number of hydrogen-bond donors (Lipinski definition) is 1. The van der Waals surface area contributed by atoms with E-state index >= 15 is 0 Å². The molecule has 1 aromatic rings. The first-order valence-electron chi connectivity index (χ1n) is 5.30. The number of ether oxygens (including phenoxy) is 1. The number of hydrogen-bond acceptors (Lipinski definition) is 2. The van der Waals surface area contributed by atoms with Gasteiger partial charge in [0.1, 0.15) is 5.75 Å². The van der Waals surface area contributed by atoms with Gasteiger partial charge in [-0.05, 0) is 49.4 Å². The van der Waals surface area contributed by atoms with E-state index in [2.05, 4.69) is 12.1 Å². The molecule has 76 valence electrons. The average molecular weight is 191 g/mol. The second-order valence-corrected chi connectivity index (χ2v) is 3.94. The zero-order valence-electron chi connectivity index (χ0n) is 8.41. The molecule has 0 unspecified atom stereocenters. The average Bonchev–Trinajstić information content (AvgIpc) is 3.01. The van der Waals surface area contributed by atoms with Crippen LogP contribution in [0.3, 0.4) is 0 Å². The van der Waals surface area contributed by atoms with E-state index in [1.54, 1.807) is 0 Å². The zero-order valence-corrected chi connectivity index (χ0v) is 8.41. The van der Waals surface area contributed by atoms with Crippen LogP contribution in [0.25, 0.3) is 0 Å². The number of benzene rings is 1. The Balaban J connectivity index is 1.84. The van der Waals surface area contributed by atoms with Crippen LogP contribution < -0.4 is 10.5 Å². The van der Waals surface area contributed by atoms with Gasteiger partial charge in [0.2, 0.25) is 0 Å². The van der Waals surface area contributed by atoms with E-state index in [0.29, 0.717) is 6.54 Å². The van der Waals surface area contributed by atoms with Crippen LogP contribution in [-0.2, 0) is 6.42 Å². The molecule has 2 heteroatoms. The molecule has 14 heavy (non-hydrogen) atoms. The van der Waals surface area contributed by atoms with Crippen molar-refractivity contribution in [3.63, 3.8) is 0 Å². The summed E-state index contributed by atoms with van der Waals surface area (Å²) in [5.74, 6) is 1.80. The highest BCUT2D eigenvalue weighted by molar-refractivity contribution is 5.27. The highest BCUT2D eigenvalue weighted by Gasteiger charge is 2.21. The van der Waals surface area contributed by atoms with Crippen LogP contribution in [-0.4, -0.2) is 13.2 Å². The molecule has 0 atom stereocenters. The molecule has 0 radical (unpaired) electrons. The van der Waals surface area contributed by atoms with E-state index in [0.717, 1.165) is 24.7 Å². The second kappa shape index (κ2) is 4.47. The fourth-order valence-corrected chi connectivity index (χ4v) is 1.42. The minimum atomic E-state index is 0.711. The maximum absolute atomic E-state index is 5.63. The van der Waals surface area contributed by atoms with Gasteiger partial charge in [0.05, 0.1) is 6.61 Å². The summed E-state index contributed by atoms with van der Waals surface area (Å²) in [6.07, 6.45) is 3.62. The molecule has 0 spiro atoms. The van der Waals surface area contributed by atoms with Crippen LogP contribution in [0.5, 0.6) is 5.75 Å². The van der Waals surface area contributed by atoms with Gasteiger partial charge in [-0.2, -0.15) is 0 Å². The van der Waals surface area contributed by atoms with Gasteiger partial charge in [0.25, 0.3) is 0 Å². The Morgan fingerprint density at radius 3 is 2.50 bits per heavy atom. The van der Waals surface area contributed by atoms with Crippen molar-refractivity contribution in [1.29, 1.82) is 0 Å². The molecule has 1 saturated carbocycles. The van der Waals surface area contributed by atoms with Crippen LogP contribution in [0.1, 0.15) is 18.4 Å². The van der Waals surface area contributed by atoms with E-state index < -0.39 is 0 Å². The Hall–Kier alpha value is -1.02. The lowest BCUT2D eigenvalue weighted by atomic mass is 10.1. The Morgan fingerprint density at radius 2 is 1.93 bits per heavy atom. The topological polar surface area (TPSA) is 35.2 Å². The Labute approximate surface area is 85.1 Å². The van der Waals surface area contributed by atoms with Crippen molar-refractivity contribution >= 4 is 0 Å². The first-order valence-corrected chi connectivity index (χ1v) is 5.30.